The minimum atomic E-state index is -0.217. The third-order valence-corrected chi connectivity index (χ3v) is 4.18. The predicted octanol–water partition coefficient (Wildman–Crippen LogP) is 2.42. The Morgan fingerprint density at radius 3 is 3.04 bits per heavy atom. The van der Waals surface area contributed by atoms with E-state index in [-0.39, 0.29) is 17.6 Å². The van der Waals surface area contributed by atoms with Crippen molar-refractivity contribution >= 4 is 47.1 Å². The first-order chi connectivity index (χ1) is 12.6. The van der Waals surface area contributed by atoms with Crippen LogP contribution in [0.15, 0.2) is 57.3 Å². The molecule has 11 heteroatoms. The molecule has 0 spiro atoms. The summed E-state index contributed by atoms with van der Waals surface area (Å²) in [6.07, 6.45) is 3.01. The number of nitrogen functional groups attached to an aromatic ring is 1. The van der Waals surface area contributed by atoms with Crippen LogP contribution in [-0.4, -0.2) is 32.7 Å². The van der Waals surface area contributed by atoms with Gasteiger partial charge in [-0.25, -0.2) is 10.1 Å². The number of rotatable bonds is 7. The number of thioether (sulfide) groups is 1. The Kier molecular flexibility index (Phi) is 5.77. The van der Waals surface area contributed by atoms with Crippen molar-refractivity contribution < 1.29 is 9.21 Å². The Morgan fingerprint density at radius 1 is 1.38 bits per heavy atom. The number of nitrogens with two attached hydrogens (primary N) is 1. The molecule has 0 aliphatic carbocycles. The molecule has 3 aromatic rings. The summed E-state index contributed by atoms with van der Waals surface area (Å²) in [6.45, 7) is 0. The first-order valence-electron chi connectivity index (χ1n) is 7.33. The van der Waals surface area contributed by atoms with Crippen molar-refractivity contribution in [1.29, 1.82) is 0 Å². The fraction of sp³-hybridized carbons (Fsp3) is 0.0667. The van der Waals surface area contributed by atoms with Gasteiger partial charge in [-0.2, -0.15) is 5.10 Å². The van der Waals surface area contributed by atoms with Gasteiger partial charge in [-0.1, -0.05) is 29.4 Å². The maximum absolute atomic E-state index is 12.0. The first kappa shape index (κ1) is 17.8. The lowest BCUT2D eigenvalue weighted by Crippen LogP contribution is -2.16. The predicted molar refractivity (Wildman–Crippen MR) is 101 cm³/mol. The normalized spacial score (nSPS) is 11.0. The molecular formula is C15H14ClN7O2S. The van der Waals surface area contributed by atoms with Crippen molar-refractivity contribution in [1.82, 2.24) is 14.9 Å². The summed E-state index contributed by atoms with van der Waals surface area (Å²) in [6, 6.07) is 10.4. The first-order valence-corrected chi connectivity index (χ1v) is 8.69. The van der Waals surface area contributed by atoms with E-state index in [0.29, 0.717) is 21.6 Å². The summed E-state index contributed by atoms with van der Waals surface area (Å²) < 4.78 is 6.31. The number of hydrazone groups is 1. The lowest BCUT2D eigenvalue weighted by Gasteiger charge is -2.05. The lowest BCUT2D eigenvalue weighted by molar-refractivity contribution is -0.113. The van der Waals surface area contributed by atoms with Crippen LogP contribution in [0, 0.1) is 0 Å². The number of furan rings is 1. The maximum atomic E-state index is 12.0. The highest BCUT2D eigenvalue weighted by Crippen LogP contribution is 2.18. The molecule has 2 aromatic heterocycles. The molecule has 0 saturated carbocycles. The zero-order valence-corrected chi connectivity index (χ0v) is 14.9. The molecular weight excluding hydrogens is 378 g/mol. The number of nitrogens with zero attached hydrogens (tertiary/aromatic N) is 4. The highest BCUT2D eigenvalue weighted by atomic mass is 35.5. The summed E-state index contributed by atoms with van der Waals surface area (Å²) >= 11 is 7.02. The Balaban J connectivity index is 1.52. The second-order valence-corrected chi connectivity index (χ2v) is 6.29. The van der Waals surface area contributed by atoms with Crippen LogP contribution in [-0.2, 0) is 4.79 Å². The molecule has 0 fully saturated rings. The van der Waals surface area contributed by atoms with Crippen molar-refractivity contribution in [3.63, 3.8) is 0 Å². The van der Waals surface area contributed by atoms with E-state index in [1.807, 2.05) is 0 Å². The van der Waals surface area contributed by atoms with E-state index in [0.717, 1.165) is 11.8 Å². The van der Waals surface area contributed by atoms with Gasteiger partial charge < -0.3 is 15.6 Å². The fourth-order valence-corrected chi connectivity index (χ4v) is 2.71. The van der Waals surface area contributed by atoms with Gasteiger partial charge >= 0.3 is 0 Å². The van der Waals surface area contributed by atoms with Crippen LogP contribution in [0.2, 0.25) is 5.02 Å². The zero-order chi connectivity index (χ0) is 18.4. The Morgan fingerprint density at radius 2 is 2.27 bits per heavy atom. The third kappa shape index (κ3) is 4.77. The number of benzene rings is 1. The number of anilines is 2. The number of amides is 1. The van der Waals surface area contributed by atoms with Crippen LogP contribution in [0.1, 0.15) is 5.76 Å². The standard InChI is InChI=1S/C15H14ClN7O2S/c16-10-3-1-4-11(7-10)19-13(24)9-26-15-22-21-14(23(15)17)20-18-8-12-5-2-6-25-12/h1-8H,9,17H2,(H,19,24)(H,20,21)/b18-8+. The van der Waals surface area contributed by atoms with E-state index >= 15 is 0 Å². The fourth-order valence-electron chi connectivity index (χ4n) is 1.86. The number of nitrogens with one attached hydrogen (secondary N) is 2. The molecule has 0 saturated heterocycles. The second-order valence-electron chi connectivity index (χ2n) is 4.91. The number of aromatic nitrogens is 3. The van der Waals surface area contributed by atoms with E-state index in [9.17, 15) is 4.79 Å². The van der Waals surface area contributed by atoms with Gasteiger partial charge in [0.2, 0.25) is 11.1 Å². The highest BCUT2D eigenvalue weighted by molar-refractivity contribution is 7.99. The molecule has 4 N–H and O–H groups in total. The Bertz CT molecular complexity index is 911. The van der Waals surface area contributed by atoms with Gasteiger partial charge in [0.15, 0.2) is 0 Å². The van der Waals surface area contributed by atoms with E-state index in [2.05, 4.69) is 26.0 Å². The monoisotopic (exact) mass is 391 g/mol. The van der Waals surface area contributed by atoms with Crippen LogP contribution >= 0.6 is 23.4 Å². The molecule has 0 atom stereocenters. The van der Waals surface area contributed by atoms with Gasteiger partial charge in [0.05, 0.1) is 18.2 Å². The second kappa shape index (κ2) is 8.41. The summed E-state index contributed by atoms with van der Waals surface area (Å²) in [5.41, 5.74) is 3.27. The average molecular weight is 392 g/mol. The largest absolute Gasteiger partial charge is 0.463 e. The number of carbonyl (C=O) groups excluding carboxylic acids is 1. The van der Waals surface area contributed by atoms with Gasteiger partial charge in [-0.15, -0.1) is 10.2 Å². The topological polar surface area (TPSA) is 123 Å². The minimum Gasteiger partial charge on any atom is -0.463 e. The zero-order valence-electron chi connectivity index (χ0n) is 13.3. The van der Waals surface area contributed by atoms with Crippen LogP contribution < -0.4 is 16.6 Å². The summed E-state index contributed by atoms with van der Waals surface area (Å²) in [5.74, 6) is 6.58. The summed E-state index contributed by atoms with van der Waals surface area (Å²) in [5, 5.41) is 15.4. The highest BCUT2D eigenvalue weighted by Gasteiger charge is 2.12. The lowest BCUT2D eigenvalue weighted by atomic mass is 10.3. The SMILES string of the molecule is Nn1c(N/N=C/c2ccco2)nnc1SCC(=O)Nc1cccc(Cl)c1. The number of carbonyl (C=O) groups is 1. The molecule has 9 nitrogen and oxygen atoms in total. The van der Waals surface area contributed by atoms with Gasteiger partial charge in [-0.3, -0.25) is 4.79 Å². The molecule has 0 aliphatic heterocycles. The van der Waals surface area contributed by atoms with Crippen molar-refractivity contribution in [2.24, 2.45) is 5.10 Å². The van der Waals surface area contributed by atoms with Crippen molar-refractivity contribution in [3.05, 3.63) is 53.4 Å². The van der Waals surface area contributed by atoms with Crippen molar-refractivity contribution in [2.75, 3.05) is 22.3 Å². The number of halogens is 1. The smallest absolute Gasteiger partial charge is 0.264 e. The molecule has 0 aliphatic rings. The van der Waals surface area contributed by atoms with Crippen LogP contribution in [0.4, 0.5) is 11.6 Å². The average Bonchev–Trinajstić information content (AvgIpc) is 3.24. The van der Waals surface area contributed by atoms with Gasteiger partial charge in [0, 0.05) is 10.7 Å². The molecule has 134 valence electrons. The minimum absolute atomic E-state index is 0.109. The van der Waals surface area contributed by atoms with Crippen LogP contribution in [0.5, 0.6) is 0 Å². The number of hydrogen-bond donors (Lipinski definition) is 3. The molecule has 0 radical (unpaired) electrons. The Hall–Kier alpha value is -2.98. The van der Waals surface area contributed by atoms with E-state index in [1.54, 1.807) is 36.4 Å². The molecule has 1 amide bonds. The molecule has 0 bridgehead atoms. The molecule has 0 unspecified atom stereocenters. The van der Waals surface area contributed by atoms with Gasteiger partial charge in [0.1, 0.15) is 5.76 Å². The molecule has 26 heavy (non-hydrogen) atoms. The van der Waals surface area contributed by atoms with Crippen LogP contribution in [0.25, 0.3) is 0 Å². The van der Waals surface area contributed by atoms with Crippen molar-refractivity contribution in [3.8, 4) is 0 Å². The summed E-state index contributed by atoms with van der Waals surface area (Å²) in [7, 11) is 0. The van der Waals surface area contributed by atoms with Gasteiger partial charge in [-0.05, 0) is 30.3 Å². The molecule has 1 aromatic carbocycles. The van der Waals surface area contributed by atoms with Crippen LogP contribution in [0.3, 0.4) is 0 Å². The van der Waals surface area contributed by atoms with E-state index in [4.69, 9.17) is 21.9 Å². The van der Waals surface area contributed by atoms with Gasteiger partial charge in [0.25, 0.3) is 5.95 Å². The Labute approximate surface area is 157 Å². The quantitative estimate of drug-likeness (QED) is 0.244. The maximum Gasteiger partial charge on any atom is 0.264 e. The van der Waals surface area contributed by atoms with E-state index < -0.39 is 0 Å². The van der Waals surface area contributed by atoms with Crippen molar-refractivity contribution in [2.45, 2.75) is 5.16 Å². The molecule has 2 heterocycles. The number of hydrogen-bond acceptors (Lipinski definition) is 8. The summed E-state index contributed by atoms with van der Waals surface area (Å²) in [4.78, 5) is 12.0. The third-order valence-electron chi connectivity index (χ3n) is 3.00. The molecule has 3 rings (SSSR count). The van der Waals surface area contributed by atoms with E-state index in [1.165, 1.54) is 17.2 Å².